The Labute approximate surface area is 136 Å². The monoisotopic (exact) mass is 326 g/mol. The van der Waals surface area contributed by atoms with Crippen LogP contribution in [0.2, 0.25) is 0 Å². The van der Waals surface area contributed by atoms with Gasteiger partial charge in [-0.05, 0) is 6.92 Å². The third-order valence-corrected chi connectivity index (χ3v) is 0.968. The summed E-state index contributed by atoms with van der Waals surface area (Å²) in [5.74, 6) is 0. The van der Waals surface area contributed by atoms with Crippen molar-refractivity contribution in [2.75, 3.05) is 0 Å². The van der Waals surface area contributed by atoms with E-state index in [9.17, 15) is 0 Å². The molecule has 8 heteroatoms. The average Bonchev–Trinajstić information content (AvgIpc) is 2.33. The molecule has 1 N–H and O–H groups in total. The molecule has 13 heavy (non-hydrogen) atoms. The summed E-state index contributed by atoms with van der Waals surface area (Å²) in [7, 11) is -5.17. The van der Waals surface area contributed by atoms with Crippen LogP contribution in [0.5, 0.6) is 0 Å². The Kier molecular flexibility index (Phi) is 10.8. The van der Waals surface area contributed by atoms with Gasteiger partial charge in [0.1, 0.15) is 12.4 Å². The van der Waals surface area contributed by atoms with Gasteiger partial charge in [-0.3, -0.25) is 13.4 Å². The Morgan fingerprint density at radius 3 is 2.08 bits per heavy atom. The Bertz CT molecular complexity index is 288. The Morgan fingerprint density at radius 1 is 1.46 bits per heavy atom. The number of aryl methyl sites for hydroxylation is 1. The molecule has 0 aromatic carbocycles. The fraction of sp³-hybridized carbons (Fsp3) is 0.400. The number of nitrogens with one attached hydrogen (secondary N) is 1. The maximum Gasteiger partial charge on any atom is 1.00 e. The van der Waals surface area contributed by atoms with Crippen LogP contribution in [0.4, 0.5) is 0 Å². The summed E-state index contributed by atoms with van der Waals surface area (Å²) in [5.41, 5.74) is 0. The van der Waals surface area contributed by atoms with Gasteiger partial charge in [0.25, 0.3) is 0 Å². The van der Waals surface area contributed by atoms with Crippen molar-refractivity contribution in [1.82, 2.24) is 4.98 Å². The summed E-state index contributed by atoms with van der Waals surface area (Å²) < 4.78 is 36.2. The smallest absolute Gasteiger partial charge is 0.759 e. The van der Waals surface area contributed by atoms with Gasteiger partial charge in [0.2, 0.25) is 6.33 Å². The van der Waals surface area contributed by atoms with Crippen LogP contribution in [-0.4, -0.2) is 22.5 Å². The number of aromatic nitrogens is 2. The number of aromatic amines is 1. The average molecular weight is 326 g/mol. The van der Waals surface area contributed by atoms with Crippen LogP contribution in [0.25, 0.3) is 0 Å². The second-order valence-electron chi connectivity index (χ2n) is 1.85. The zero-order valence-electron chi connectivity index (χ0n) is 7.43. The quantitative estimate of drug-likeness (QED) is 0.323. The molecule has 0 radical (unpaired) electrons. The van der Waals surface area contributed by atoms with E-state index in [1.807, 2.05) is 18.7 Å². The molecule has 0 spiro atoms. The van der Waals surface area contributed by atoms with Gasteiger partial charge in [-0.15, -0.1) is 0 Å². The fourth-order valence-corrected chi connectivity index (χ4v) is 0.517. The molecule has 1 aromatic rings. The van der Waals surface area contributed by atoms with Gasteiger partial charge in [0.05, 0.1) is 6.54 Å². The summed E-state index contributed by atoms with van der Waals surface area (Å²) in [4.78, 5) is 2.94. The van der Waals surface area contributed by atoms with E-state index in [0.717, 1.165) is 6.54 Å². The van der Waals surface area contributed by atoms with Crippen LogP contribution in [0.3, 0.4) is 0 Å². The normalized spacial score (nSPS) is 9.46. The van der Waals surface area contributed by atoms with Crippen molar-refractivity contribution in [3.05, 3.63) is 18.7 Å². The first-order chi connectivity index (χ1) is 5.43. The molecular weight excluding hydrogens is 317 g/mol. The minimum Gasteiger partial charge on any atom is -0.759 e. The van der Waals surface area contributed by atoms with Crippen molar-refractivity contribution in [2.45, 2.75) is 13.5 Å². The predicted octanol–water partition coefficient (Wildman–Crippen LogP) is -4.01. The first-order valence-corrected chi connectivity index (χ1v) is 4.45. The van der Waals surface area contributed by atoms with E-state index in [1.165, 1.54) is 0 Å². The second kappa shape index (κ2) is 8.44. The summed E-state index contributed by atoms with van der Waals surface area (Å²) in [6.07, 6.45) is 5.84. The van der Waals surface area contributed by atoms with E-state index in [4.69, 9.17) is 17.5 Å². The predicted molar refractivity (Wildman–Crippen MR) is 37.1 cm³/mol. The van der Waals surface area contributed by atoms with Crippen LogP contribution in [0, 0.1) is 0 Å². The third kappa shape index (κ3) is 15.9. The summed E-state index contributed by atoms with van der Waals surface area (Å²) in [6.45, 7) is 3.15. The van der Waals surface area contributed by atoms with Gasteiger partial charge in [-0.25, -0.2) is 4.57 Å². The number of H-pyrrole nitrogens is 1. The Morgan fingerprint density at radius 2 is 1.92 bits per heavy atom. The van der Waals surface area contributed by atoms with E-state index in [-0.39, 0.29) is 68.9 Å². The molecular formula is C5H9CsN2O4S. The molecule has 0 aliphatic carbocycles. The minimum atomic E-state index is -5.17. The zero-order chi connectivity index (χ0) is 9.61. The molecule has 0 bridgehead atoms. The molecule has 1 heterocycles. The van der Waals surface area contributed by atoms with Crippen molar-refractivity contribution in [3.8, 4) is 0 Å². The molecule has 6 nitrogen and oxygen atoms in total. The van der Waals surface area contributed by atoms with Crippen molar-refractivity contribution in [3.63, 3.8) is 0 Å². The number of nitrogens with zero attached hydrogens (tertiary/aromatic N) is 1. The van der Waals surface area contributed by atoms with Gasteiger partial charge in [0, 0.05) is 10.4 Å². The minimum absolute atomic E-state index is 0. The molecule has 1 rings (SSSR count). The van der Waals surface area contributed by atoms with Gasteiger partial charge < -0.3 is 9.11 Å². The largest absolute Gasteiger partial charge is 1.00 e. The second-order valence-corrected chi connectivity index (χ2v) is 2.67. The number of hydrogen-bond donors (Lipinski definition) is 1. The Balaban J connectivity index is 0. The molecule has 0 atom stereocenters. The number of rotatable bonds is 1. The summed E-state index contributed by atoms with van der Waals surface area (Å²) in [5, 5.41) is 0. The molecule has 0 aliphatic heterocycles. The molecule has 1 aromatic heterocycles. The van der Waals surface area contributed by atoms with E-state index in [0.29, 0.717) is 0 Å². The third-order valence-electron chi connectivity index (χ3n) is 0.968. The van der Waals surface area contributed by atoms with Gasteiger partial charge in [0.15, 0.2) is 0 Å². The van der Waals surface area contributed by atoms with Crippen molar-refractivity contribution < 1.29 is 91.0 Å². The van der Waals surface area contributed by atoms with Crippen molar-refractivity contribution >= 4 is 10.4 Å². The van der Waals surface area contributed by atoms with Crippen molar-refractivity contribution in [1.29, 1.82) is 0 Å². The molecule has 0 saturated heterocycles. The van der Waals surface area contributed by atoms with Crippen LogP contribution >= 0.6 is 0 Å². The van der Waals surface area contributed by atoms with Crippen molar-refractivity contribution in [2.24, 2.45) is 0 Å². The summed E-state index contributed by atoms with van der Waals surface area (Å²) >= 11 is 0. The molecule has 0 unspecified atom stereocenters. The van der Waals surface area contributed by atoms with E-state index in [1.54, 1.807) is 0 Å². The molecule has 0 aliphatic rings. The summed E-state index contributed by atoms with van der Waals surface area (Å²) in [6, 6.07) is 0. The van der Waals surface area contributed by atoms with E-state index < -0.39 is 10.4 Å². The van der Waals surface area contributed by atoms with Crippen LogP contribution in [0.1, 0.15) is 6.92 Å². The first kappa shape index (κ1) is 16.6. The number of imidazole rings is 1. The molecule has 0 saturated carbocycles. The van der Waals surface area contributed by atoms with E-state index in [2.05, 4.69) is 16.5 Å². The standard InChI is InChI=1S/C5H8N2.Cs.H2O4S/c1-2-7-4-3-6-5-7;;1-5(2,3)4/h3-5H,2H2,1H3;;(H2,1,2,3,4)/q;+1;/p-1. The van der Waals surface area contributed by atoms with Crippen LogP contribution in [-0.2, 0) is 16.9 Å². The topological polar surface area (TPSA) is 99.9 Å². The Hall–Kier alpha value is 1.13. The SMILES string of the molecule is CC[n+]1cc[nH]c1.O=S(=O)([O-])[O-].[Cs+]. The van der Waals surface area contributed by atoms with Gasteiger partial charge in [-0.1, -0.05) is 0 Å². The van der Waals surface area contributed by atoms with Gasteiger partial charge in [-0.2, -0.15) is 0 Å². The molecule has 70 valence electrons. The molecule has 0 fully saturated rings. The van der Waals surface area contributed by atoms with E-state index >= 15 is 0 Å². The van der Waals surface area contributed by atoms with Crippen LogP contribution in [0.15, 0.2) is 18.7 Å². The maximum atomic E-state index is 8.52. The zero-order valence-corrected chi connectivity index (χ0v) is 14.5. The first-order valence-electron chi connectivity index (χ1n) is 3.12. The fourth-order valence-electron chi connectivity index (χ4n) is 0.517. The number of hydrogen-bond acceptors (Lipinski definition) is 4. The van der Waals surface area contributed by atoms with Gasteiger partial charge >= 0.3 is 68.9 Å². The maximum absolute atomic E-state index is 8.52. The molecule has 0 amide bonds. The van der Waals surface area contributed by atoms with Crippen LogP contribution < -0.4 is 73.5 Å².